The van der Waals surface area contributed by atoms with Crippen molar-refractivity contribution in [2.75, 3.05) is 7.11 Å². The van der Waals surface area contributed by atoms with Crippen molar-refractivity contribution in [1.82, 2.24) is 16.0 Å². The molecule has 0 radical (unpaired) electrons. The first kappa shape index (κ1) is 9.53. The van der Waals surface area contributed by atoms with Crippen molar-refractivity contribution in [1.29, 1.82) is 0 Å². The molecule has 0 saturated heterocycles. The molecule has 0 aromatic carbocycles. The summed E-state index contributed by atoms with van der Waals surface area (Å²) in [6.07, 6.45) is 0. The van der Waals surface area contributed by atoms with Gasteiger partial charge in [0.2, 0.25) is 0 Å². The van der Waals surface area contributed by atoms with Crippen LogP contribution >= 0.6 is 0 Å². The maximum absolute atomic E-state index is 10.8. The van der Waals surface area contributed by atoms with E-state index in [1.807, 2.05) is 0 Å². The van der Waals surface area contributed by atoms with E-state index in [9.17, 15) is 4.79 Å². The molecule has 0 unspecified atom stereocenters. The zero-order valence-corrected chi connectivity index (χ0v) is 7.46. The van der Waals surface area contributed by atoms with Gasteiger partial charge in [-0.05, 0) is 6.92 Å². The Labute approximate surface area is 75.2 Å². The molecule has 0 fully saturated rings. The third-order valence-corrected chi connectivity index (χ3v) is 1.30. The van der Waals surface area contributed by atoms with Crippen LogP contribution in [-0.4, -0.2) is 18.3 Å². The van der Waals surface area contributed by atoms with Gasteiger partial charge in [0.25, 0.3) is 0 Å². The second kappa shape index (κ2) is 4.46. The first-order valence-electron chi connectivity index (χ1n) is 3.71. The van der Waals surface area contributed by atoms with Gasteiger partial charge in [0.05, 0.1) is 13.7 Å². The molecular formula is C7H11N3O3. The number of carbonyl (C=O) groups excluding carboxylic acids is 1. The highest BCUT2D eigenvalue weighted by atomic mass is 16.6. The molecule has 0 saturated carbocycles. The van der Waals surface area contributed by atoms with Crippen LogP contribution in [0, 0.1) is 6.92 Å². The van der Waals surface area contributed by atoms with Gasteiger partial charge in [0.1, 0.15) is 11.5 Å². The zero-order valence-electron chi connectivity index (χ0n) is 7.46. The Morgan fingerprint density at radius 2 is 2.54 bits per heavy atom. The van der Waals surface area contributed by atoms with Crippen LogP contribution in [-0.2, 0) is 11.4 Å². The average molecular weight is 185 g/mol. The Morgan fingerprint density at radius 3 is 3.08 bits per heavy atom. The van der Waals surface area contributed by atoms with Crippen molar-refractivity contribution in [3.63, 3.8) is 0 Å². The first-order valence-corrected chi connectivity index (χ1v) is 3.71. The van der Waals surface area contributed by atoms with Gasteiger partial charge in [0, 0.05) is 6.07 Å². The normalized spacial score (nSPS) is 9.69. The number of carbonyl (C=O) groups is 1. The summed E-state index contributed by atoms with van der Waals surface area (Å²) in [4.78, 5) is 15.2. The lowest BCUT2D eigenvalue weighted by Crippen LogP contribution is -2.34. The lowest BCUT2D eigenvalue weighted by molar-refractivity contribution is 0.107. The summed E-state index contributed by atoms with van der Waals surface area (Å²) < 4.78 is 4.80. The van der Waals surface area contributed by atoms with Crippen molar-refractivity contribution >= 4 is 6.03 Å². The van der Waals surface area contributed by atoms with E-state index >= 15 is 0 Å². The minimum absolute atomic E-state index is 0.312. The molecule has 0 aliphatic rings. The molecule has 1 aromatic rings. The third-order valence-electron chi connectivity index (χ3n) is 1.30. The van der Waals surface area contributed by atoms with Crippen LogP contribution in [0.15, 0.2) is 10.6 Å². The Balaban J connectivity index is 2.30. The highest BCUT2D eigenvalue weighted by Crippen LogP contribution is 1.99. The lowest BCUT2D eigenvalue weighted by Gasteiger charge is -2.01. The minimum atomic E-state index is -0.414. The Hall–Kier alpha value is -1.56. The Kier molecular flexibility index (Phi) is 3.27. The fraction of sp³-hybridized carbons (Fsp3) is 0.429. The van der Waals surface area contributed by atoms with Crippen LogP contribution in [0.4, 0.5) is 4.79 Å². The summed E-state index contributed by atoms with van der Waals surface area (Å²) in [6, 6.07) is 1.33. The van der Waals surface area contributed by atoms with E-state index in [0.29, 0.717) is 18.0 Å². The van der Waals surface area contributed by atoms with Crippen LogP contribution in [0.5, 0.6) is 0 Å². The van der Waals surface area contributed by atoms with E-state index < -0.39 is 6.03 Å². The lowest BCUT2D eigenvalue weighted by atomic mass is 10.4. The summed E-state index contributed by atoms with van der Waals surface area (Å²) in [5.74, 6) is 0.712. The molecule has 2 N–H and O–H groups in total. The third kappa shape index (κ3) is 3.12. The molecule has 0 bridgehead atoms. The predicted octanol–water partition coefficient (Wildman–Crippen LogP) is 0.344. The molecule has 6 heteroatoms. The van der Waals surface area contributed by atoms with Gasteiger partial charge in [-0.2, -0.15) is 0 Å². The fourth-order valence-electron chi connectivity index (χ4n) is 0.801. The number of hydroxylamine groups is 1. The molecular weight excluding hydrogens is 174 g/mol. The summed E-state index contributed by atoms with van der Waals surface area (Å²) in [6.45, 7) is 2.10. The van der Waals surface area contributed by atoms with Crippen LogP contribution in [0.2, 0.25) is 0 Å². The topological polar surface area (TPSA) is 76.4 Å². The molecule has 0 spiro atoms. The number of aromatic nitrogens is 1. The maximum Gasteiger partial charge on any atom is 0.339 e. The fourth-order valence-corrected chi connectivity index (χ4v) is 0.801. The average Bonchev–Trinajstić information content (AvgIpc) is 2.49. The molecule has 1 aromatic heterocycles. The van der Waals surface area contributed by atoms with Gasteiger partial charge in [-0.1, -0.05) is 5.16 Å². The van der Waals surface area contributed by atoms with Crippen molar-refractivity contribution in [3.05, 3.63) is 17.5 Å². The van der Waals surface area contributed by atoms with E-state index in [2.05, 4.69) is 20.8 Å². The van der Waals surface area contributed by atoms with E-state index in [0.717, 1.165) is 0 Å². The minimum Gasteiger partial charge on any atom is -0.361 e. The number of urea groups is 1. The Bertz CT molecular complexity index is 284. The zero-order chi connectivity index (χ0) is 9.68. The number of hydrogen-bond acceptors (Lipinski definition) is 4. The smallest absolute Gasteiger partial charge is 0.339 e. The van der Waals surface area contributed by atoms with E-state index in [1.165, 1.54) is 7.11 Å². The predicted molar refractivity (Wildman–Crippen MR) is 43.6 cm³/mol. The quantitative estimate of drug-likeness (QED) is 0.666. The van der Waals surface area contributed by atoms with Crippen molar-refractivity contribution in [2.45, 2.75) is 13.5 Å². The maximum atomic E-state index is 10.8. The van der Waals surface area contributed by atoms with Crippen molar-refractivity contribution in [2.24, 2.45) is 0 Å². The Morgan fingerprint density at radius 1 is 1.77 bits per heavy atom. The number of hydrogen-bond donors (Lipinski definition) is 2. The van der Waals surface area contributed by atoms with Gasteiger partial charge in [-0.3, -0.25) is 4.84 Å². The SMILES string of the molecule is CONC(=O)NCc1cc(C)on1. The van der Waals surface area contributed by atoms with Crippen LogP contribution in [0.25, 0.3) is 0 Å². The standard InChI is InChI=1S/C7H11N3O3/c1-5-3-6(9-13-5)4-8-7(11)10-12-2/h3H,4H2,1-2H3,(H2,8,10,11). The summed E-state index contributed by atoms with van der Waals surface area (Å²) in [5, 5.41) is 6.21. The molecule has 1 rings (SSSR count). The molecule has 0 atom stereocenters. The van der Waals surface area contributed by atoms with Gasteiger partial charge in [0.15, 0.2) is 0 Å². The number of nitrogens with one attached hydrogen (secondary N) is 2. The highest BCUT2D eigenvalue weighted by Gasteiger charge is 2.02. The van der Waals surface area contributed by atoms with E-state index in [1.54, 1.807) is 13.0 Å². The monoisotopic (exact) mass is 185 g/mol. The summed E-state index contributed by atoms with van der Waals surface area (Å²) in [5.41, 5.74) is 2.78. The number of aryl methyl sites for hydroxylation is 1. The van der Waals surface area contributed by atoms with Gasteiger partial charge < -0.3 is 9.84 Å². The van der Waals surface area contributed by atoms with Crippen LogP contribution < -0.4 is 10.8 Å². The number of amides is 2. The molecule has 0 aliphatic carbocycles. The van der Waals surface area contributed by atoms with Crippen molar-refractivity contribution < 1.29 is 14.2 Å². The van der Waals surface area contributed by atoms with E-state index in [-0.39, 0.29) is 0 Å². The molecule has 0 aliphatic heterocycles. The first-order chi connectivity index (χ1) is 6.22. The van der Waals surface area contributed by atoms with E-state index in [4.69, 9.17) is 4.52 Å². The van der Waals surface area contributed by atoms with Gasteiger partial charge >= 0.3 is 6.03 Å². The molecule has 1 heterocycles. The van der Waals surface area contributed by atoms with Crippen molar-refractivity contribution in [3.8, 4) is 0 Å². The summed E-state index contributed by atoms with van der Waals surface area (Å²) in [7, 11) is 1.36. The molecule has 72 valence electrons. The van der Waals surface area contributed by atoms with Gasteiger partial charge in [-0.15, -0.1) is 0 Å². The second-order valence-corrected chi connectivity index (χ2v) is 2.42. The largest absolute Gasteiger partial charge is 0.361 e. The molecule has 13 heavy (non-hydrogen) atoms. The molecule has 2 amide bonds. The van der Waals surface area contributed by atoms with Crippen LogP contribution in [0.3, 0.4) is 0 Å². The second-order valence-electron chi connectivity index (χ2n) is 2.42. The number of nitrogens with zero attached hydrogens (tertiary/aromatic N) is 1. The molecule has 6 nitrogen and oxygen atoms in total. The summed E-state index contributed by atoms with van der Waals surface area (Å²) >= 11 is 0. The highest BCUT2D eigenvalue weighted by molar-refractivity contribution is 5.72. The van der Waals surface area contributed by atoms with Gasteiger partial charge in [-0.25, -0.2) is 10.3 Å². The number of rotatable bonds is 3. The van der Waals surface area contributed by atoms with Crippen LogP contribution in [0.1, 0.15) is 11.5 Å².